The molecule has 1 amide bonds. The van der Waals surface area contributed by atoms with Crippen molar-refractivity contribution < 1.29 is 9.90 Å². The van der Waals surface area contributed by atoms with Crippen molar-refractivity contribution in [2.75, 3.05) is 13.1 Å². The summed E-state index contributed by atoms with van der Waals surface area (Å²) in [5.41, 5.74) is 1.30. The first kappa shape index (κ1) is 15.5. The largest absolute Gasteiger partial charge is 0.465 e. The molecular weight excluding hydrogens is 393 g/mol. The number of aromatic nitrogens is 1. The summed E-state index contributed by atoms with van der Waals surface area (Å²) in [7, 11) is 0. The Bertz CT molecular complexity index is 722. The first-order valence-corrected chi connectivity index (χ1v) is 8.35. The normalized spacial score (nSPS) is 25.1. The third-order valence-corrected chi connectivity index (χ3v) is 5.07. The molecule has 1 aromatic carbocycles. The van der Waals surface area contributed by atoms with Crippen LogP contribution in [0.2, 0.25) is 0 Å². The smallest absolute Gasteiger partial charge is 0.405 e. The molecule has 2 atom stereocenters. The lowest BCUT2D eigenvalue weighted by molar-refractivity contribution is 0.156. The average molecular weight is 411 g/mol. The van der Waals surface area contributed by atoms with Crippen molar-refractivity contribution in [2.45, 2.75) is 18.9 Å². The van der Waals surface area contributed by atoms with Crippen molar-refractivity contribution in [1.29, 1.82) is 0 Å². The topological polar surface area (TPSA) is 74.2 Å². The summed E-state index contributed by atoms with van der Waals surface area (Å²) in [5.74, 6) is 0.395. The molecule has 2 heterocycles. The van der Waals surface area contributed by atoms with Crippen molar-refractivity contribution in [3.8, 4) is 0 Å². The van der Waals surface area contributed by atoms with Crippen LogP contribution in [-0.2, 0) is 5.54 Å². The van der Waals surface area contributed by atoms with Crippen LogP contribution in [0.15, 0.2) is 30.5 Å². The van der Waals surface area contributed by atoms with Crippen LogP contribution in [0, 0.1) is 9.49 Å². The van der Waals surface area contributed by atoms with E-state index in [0.29, 0.717) is 12.5 Å². The summed E-state index contributed by atoms with van der Waals surface area (Å²) < 4.78 is 1.07. The molecule has 5 nitrogen and oxygen atoms in total. The van der Waals surface area contributed by atoms with E-state index in [4.69, 9.17) is 0 Å². The molecule has 3 rings (SSSR count). The van der Waals surface area contributed by atoms with Crippen molar-refractivity contribution in [2.24, 2.45) is 5.92 Å². The number of pyridine rings is 1. The summed E-state index contributed by atoms with van der Waals surface area (Å²) in [4.78, 5) is 15.9. The molecular formula is C16H18IN3O2. The van der Waals surface area contributed by atoms with E-state index in [1.165, 1.54) is 0 Å². The molecule has 116 valence electrons. The maximum Gasteiger partial charge on any atom is 0.405 e. The van der Waals surface area contributed by atoms with Crippen LogP contribution in [0.3, 0.4) is 0 Å². The zero-order valence-corrected chi connectivity index (χ0v) is 14.4. The van der Waals surface area contributed by atoms with Gasteiger partial charge in [-0.1, -0.05) is 19.1 Å². The quantitative estimate of drug-likeness (QED) is 0.665. The fourth-order valence-electron chi connectivity index (χ4n) is 3.40. The monoisotopic (exact) mass is 411 g/mol. The standard InChI is InChI=1S/C16H18IN3O2/c1-10-7-16(9-18-8-10,20-15(21)22)12-4-5-13(17)14-11(12)3-2-6-19-14/h2-6,10,18,20H,7-9H2,1H3,(H,21,22)/t10-,16-/m0/s1. The number of carbonyl (C=O) groups is 1. The van der Waals surface area contributed by atoms with Gasteiger partial charge in [0.25, 0.3) is 0 Å². The first-order chi connectivity index (χ1) is 10.5. The van der Waals surface area contributed by atoms with Crippen molar-refractivity contribution in [3.05, 3.63) is 39.6 Å². The van der Waals surface area contributed by atoms with Crippen LogP contribution in [0.1, 0.15) is 18.9 Å². The van der Waals surface area contributed by atoms with E-state index in [1.54, 1.807) is 6.20 Å². The van der Waals surface area contributed by atoms with E-state index in [-0.39, 0.29) is 0 Å². The minimum atomic E-state index is -0.994. The van der Waals surface area contributed by atoms with Crippen LogP contribution in [0.25, 0.3) is 10.9 Å². The Balaban J connectivity index is 2.20. The minimum absolute atomic E-state index is 0.395. The molecule has 0 radical (unpaired) electrons. The van der Waals surface area contributed by atoms with Crippen LogP contribution in [-0.4, -0.2) is 29.3 Å². The summed E-state index contributed by atoms with van der Waals surface area (Å²) >= 11 is 2.27. The van der Waals surface area contributed by atoms with Crippen molar-refractivity contribution in [3.63, 3.8) is 0 Å². The lowest BCUT2D eigenvalue weighted by atomic mass is 9.77. The molecule has 1 aliphatic heterocycles. The SMILES string of the molecule is C[C@@H]1CNC[C@](NC(=O)O)(c2ccc(I)c3ncccc23)C1. The Kier molecular flexibility index (Phi) is 4.22. The fourth-order valence-corrected chi connectivity index (χ4v) is 4.01. The van der Waals surface area contributed by atoms with Gasteiger partial charge in [-0.3, -0.25) is 4.98 Å². The van der Waals surface area contributed by atoms with Gasteiger partial charge in [-0.25, -0.2) is 4.79 Å². The van der Waals surface area contributed by atoms with Gasteiger partial charge < -0.3 is 15.7 Å². The minimum Gasteiger partial charge on any atom is -0.465 e. The summed E-state index contributed by atoms with van der Waals surface area (Å²) in [6, 6.07) is 7.96. The molecule has 1 fully saturated rings. The molecule has 6 heteroatoms. The first-order valence-electron chi connectivity index (χ1n) is 7.27. The highest BCUT2D eigenvalue weighted by atomic mass is 127. The number of hydrogen-bond donors (Lipinski definition) is 3. The number of hydrogen-bond acceptors (Lipinski definition) is 3. The van der Waals surface area contributed by atoms with Gasteiger partial charge in [-0.2, -0.15) is 0 Å². The van der Waals surface area contributed by atoms with E-state index < -0.39 is 11.6 Å². The molecule has 3 N–H and O–H groups in total. The number of halogens is 1. The van der Waals surface area contributed by atoms with Gasteiger partial charge >= 0.3 is 6.09 Å². The number of benzene rings is 1. The Morgan fingerprint density at radius 1 is 1.50 bits per heavy atom. The molecule has 0 saturated carbocycles. The molecule has 0 bridgehead atoms. The lowest BCUT2D eigenvalue weighted by Crippen LogP contribution is -2.57. The summed E-state index contributed by atoms with van der Waals surface area (Å²) in [5, 5.41) is 16.5. The molecule has 22 heavy (non-hydrogen) atoms. The molecule has 0 spiro atoms. The highest BCUT2D eigenvalue weighted by molar-refractivity contribution is 14.1. The maximum absolute atomic E-state index is 11.4. The highest BCUT2D eigenvalue weighted by Crippen LogP contribution is 2.36. The second kappa shape index (κ2) is 6.00. The van der Waals surface area contributed by atoms with E-state index in [9.17, 15) is 9.90 Å². The number of fused-ring (bicyclic) bond motifs is 1. The lowest BCUT2D eigenvalue weighted by Gasteiger charge is -2.41. The number of amides is 1. The molecule has 0 aliphatic carbocycles. The Labute approximate surface area is 142 Å². The van der Waals surface area contributed by atoms with Crippen LogP contribution in [0.5, 0.6) is 0 Å². The van der Waals surface area contributed by atoms with Gasteiger partial charge in [0.15, 0.2) is 0 Å². The highest BCUT2D eigenvalue weighted by Gasteiger charge is 2.39. The molecule has 1 aromatic heterocycles. The second-order valence-electron chi connectivity index (χ2n) is 5.95. The van der Waals surface area contributed by atoms with Crippen LogP contribution in [0.4, 0.5) is 4.79 Å². The van der Waals surface area contributed by atoms with Crippen molar-refractivity contribution >= 4 is 39.6 Å². The van der Waals surface area contributed by atoms with Crippen LogP contribution >= 0.6 is 22.6 Å². The van der Waals surface area contributed by atoms with Crippen molar-refractivity contribution in [1.82, 2.24) is 15.6 Å². The predicted molar refractivity (Wildman–Crippen MR) is 93.9 cm³/mol. The van der Waals surface area contributed by atoms with Gasteiger partial charge in [0.2, 0.25) is 0 Å². The van der Waals surface area contributed by atoms with E-state index in [0.717, 1.165) is 33.0 Å². The number of carboxylic acid groups (broad SMARTS) is 1. The van der Waals surface area contributed by atoms with Gasteiger partial charge in [-0.05, 0) is 59.2 Å². The third-order valence-electron chi connectivity index (χ3n) is 4.20. The molecule has 1 aliphatic rings. The summed E-state index contributed by atoms with van der Waals surface area (Å²) in [6.07, 6.45) is 1.55. The van der Waals surface area contributed by atoms with Gasteiger partial charge in [0, 0.05) is 21.7 Å². The Morgan fingerprint density at radius 3 is 3.05 bits per heavy atom. The van der Waals surface area contributed by atoms with Gasteiger partial charge in [-0.15, -0.1) is 0 Å². The van der Waals surface area contributed by atoms with Crippen LogP contribution < -0.4 is 10.6 Å². The number of rotatable bonds is 2. The fraction of sp³-hybridized carbons (Fsp3) is 0.375. The van der Waals surface area contributed by atoms with Gasteiger partial charge in [0.1, 0.15) is 0 Å². The zero-order valence-electron chi connectivity index (χ0n) is 12.3. The molecule has 1 saturated heterocycles. The van der Waals surface area contributed by atoms with E-state index >= 15 is 0 Å². The Morgan fingerprint density at radius 2 is 2.32 bits per heavy atom. The number of piperidine rings is 1. The summed E-state index contributed by atoms with van der Waals surface area (Å²) in [6.45, 7) is 3.63. The second-order valence-corrected chi connectivity index (χ2v) is 7.11. The average Bonchev–Trinajstić information content (AvgIpc) is 2.47. The Hall–Kier alpha value is -1.41. The number of nitrogens with one attached hydrogen (secondary N) is 2. The molecule has 2 aromatic rings. The third kappa shape index (κ3) is 2.77. The number of nitrogens with zero attached hydrogens (tertiary/aromatic N) is 1. The predicted octanol–water partition coefficient (Wildman–Crippen LogP) is 2.93. The molecule has 0 unspecified atom stereocenters. The van der Waals surface area contributed by atoms with E-state index in [2.05, 4.69) is 45.1 Å². The maximum atomic E-state index is 11.4. The van der Waals surface area contributed by atoms with Gasteiger partial charge in [0.05, 0.1) is 11.1 Å². The van der Waals surface area contributed by atoms with E-state index in [1.807, 2.05) is 24.3 Å². The zero-order chi connectivity index (χ0) is 15.7.